The zero-order valence-corrected chi connectivity index (χ0v) is 18.3. The number of para-hydroxylation sites is 2. The molecule has 4 aromatic rings. The third-order valence-corrected chi connectivity index (χ3v) is 6.21. The van der Waals surface area contributed by atoms with Crippen LogP contribution in [-0.2, 0) is 33.7 Å². The summed E-state index contributed by atoms with van der Waals surface area (Å²) >= 11 is 0. The minimum Gasteiger partial charge on any atom is -0.451 e. The number of amides is 1. The van der Waals surface area contributed by atoms with Crippen molar-refractivity contribution in [2.75, 3.05) is 5.32 Å². The zero-order chi connectivity index (χ0) is 22.9. The van der Waals surface area contributed by atoms with Gasteiger partial charge in [-0.2, -0.15) is 0 Å². The maximum Gasteiger partial charge on any atom is 0.326 e. The molecule has 1 aliphatic rings. The molecule has 1 amide bonds. The van der Waals surface area contributed by atoms with Crippen LogP contribution in [0.1, 0.15) is 24.5 Å². The van der Waals surface area contributed by atoms with Crippen molar-refractivity contribution < 1.29 is 14.3 Å². The second kappa shape index (κ2) is 8.54. The molecule has 0 saturated carbocycles. The number of carbonyl (C=O) groups excluding carboxylic acids is 2. The van der Waals surface area contributed by atoms with Gasteiger partial charge in [-0.1, -0.05) is 30.3 Å². The molecule has 0 saturated heterocycles. The van der Waals surface area contributed by atoms with Gasteiger partial charge in [0.15, 0.2) is 11.5 Å². The number of benzene rings is 3. The number of nitrogens with one attached hydrogen (secondary N) is 1. The fourth-order valence-electron chi connectivity index (χ4n) is 4.56. The van der Waals surface area contributed by atoms with E-state index in [1.165, 1.54) is 11.1 Å². The van der Waals surface area contributed by atoms with E-state index in [2.05, 4.69) is 5.32 Å². The molecule has 0 spiro atoms. The summed E-state index contributed by atoms with van der Waals surface area (Å²) in [6, 6.07) is 20.3. The third kappa shape index (κ3) is 4.00. The molecule has 1 aliphatic carbocycles. The molecule has 6 nitrogen and oxygen atoms in total. The summed E-state index contributed by atoms with van der Waals surface area (Å²) in [7, 11) is 0. The number of hydrogen-bond acceptors (Lipinski definition) is 4. The van der Waals surface area contributed by atoms with Crippen LogP contribution in [0.2, 0.25) is 0 Å². The minimum atomic E-state index is -0.956. The van der Waals surface area contributed by atoms with Crippen molar-refractivity contribution in [3.63, 3.8) is 0 Å². The van der Waals surface area contributed by atoms with Crippen LogP contribution in [0.15, 0.2) is 71.5 Å². The van der Waals surface area contributed by atoms with Crippen molar-refractivity contribution in [1.29, 1.82) is 0 Å². The highest BCUT2D eigenvalue weighted by molar-refractivity contribution is 5.96. The Morgan fingerprint density at radius 2 is 1.58 bits per heavy atom. The molecule has 0 bridgehead atoms. The molecule has 0 fully saturated rings. The smallest absolute Gasteiger partial charge is 0.326 e. The Bertz CT molecular complexity index is 1390. The topological polar surface area (TPSA) is 77.4 Å². The second-order valence-electron chi connectivity index (χ2n) is 8.41. The number of aryl methyl sites for hydroxylation is 2. The van der Waals surface area contributed by atoms with Crippen LogP contribution in [0, 0.1) is 0 Å². The Morgan fingerprint density at radius 1 is 0.939 bits per heavy atom. The summed E-state index contributed by atoms with van der Waals surface area (Å²) in [6.07, 6.45) is 2.27. The van der Waals surface area contributed by atoms with Crippen molar-refractivity contribution in [1.82, 2.24) is 4.57 Å². The number of aromatic nitrogens is 1. The van der Waals surface area contributed by atoms with E-state index in [0.717, 1.165) is 19.3 Å². The summed E-state index contributed by atoms with van der Waals surface area (Å²) < 4.78 is 7.22. The predicted octanol–water partition coefficient (Wildman–Crippen LogP) is 4.21. The number of hydrogen-bond donors (Lipinski definition) is 1. The van der Waals surface area contributed by atoms with E-state index in [9.17, 15) is 14.4 Å². The maximum atomic E-state index is 12.9. The van der Waals surface area contributed by atoms with Gasteiger partial charge < -0.3 is 14.6 Å². The van der Waals surface area contributed by atoms with Gasteiger partial charge in [0.05, 0.1) is 11.0 Å². The van der Waals surface area contributed by atoms with Gasteiger partial charge in [0.25, 0.3) is 5.91 Å². The SMILES string of the molecule is CC(OC(=O)Cn1c2ccccc2c(=O)c2ccccc21)C(=O)Nc1ccc2c(c1)CCC2. The van der Waals surface area contributed by atoms with Crippen LogP contribution in [0.4, 0.5) is 5.69 Å². The maximum absolute atomic E-state index is 12.9. The van der Waals surface area contributed by atoms with Crippen molar-refractivity contribution in [2.45, 2.75) is 38.8 Å². The Morgan fingerprint density at radius 3 is 2.27 bits per heavy atom. The van der Waals surface area contributed by atoms with E-state index in [0.29, 0.717) is 27.5 Å². The molecule has 0 radical (unpaired) electrons. The first-order valence-corrected chi connectivity index (χ1v) is 11.1. The number of anilines is 1. The normalized spacial score (nSPS) is 13.6. The van der Waals surface area contributed by atoms with Gasteiger partial charge in [0, 0.05) is 16.5 Å². The van der Waals surface area contributed by atoms with Crippen LogP contribution in [0.3, 0.4) is 0 Å². The first-order chi connectivity index (χ1) is 16.0. The lowest BCUT2D eigenvalue weighted by Gasteiger charge is -2.17. The molecule has 6 heteroatoms. The van der Waals surface area contributed by atoms with Gasteiger partial charge in [-0.05, 0) is 73.7 Å². The summed E-state index contributed by atoms with van der Waals surface area (Å²) in [5.41, 5.74) is 4.51. The molecule has 0 aliphatic heterocycles. The van der Waals surface area contributed by atoms with E-state index in [1.54, 1.807) is 47.9 Å². The number of nitrogens with zero attached hydrogens (tertiary/aromatic N) is 1. The van der Waals surface area contributed by atoms with Gasteiger partial charge in [-0.25, -0.2) is 0 Å². The Hall–Kier alpha value is -3.93. The monoisotopic (exact) mass is 440 g/mol. The summed E-state index contributed by atoms with van der Waals surface area (Å²) in [5.74, 6) is -0.929. The van der Waals surface area contributed by atoms with Crippen molar-refractivity contribution in [3.05, 3.63) is 88.1 Å². The fraction of sp³-hybridized carbons (Fsp3) is 0.222. The Balaban J connectivity index is 1.35. The first-order valence-electron chi connectivity index (χ1n) is 11.1. The van der Waals surface area contributed by atoms with E-state index in [1.807, 2.05) is 30.3 Å². The van der Waals surface area contributed by atoms with Gasteiger partial charge in [-0.15, -0.1) is 0 Å². The number of pyridine rings is 1. The van der Waals surface area contributed by atoms with Crippen LogP contribution < -0.4 is 10.7 Å². The molecule has 3 aromatic carbocycles. The number of carbonyl (C=O) groups is 2. The lowest BCUT2D eigenvalue weighted by Crippen LogP contribution is -2.31. The van der Waals surface area contributed by atoms with Crippen LogP contribution in [0.5, 0.6) is 0 Å². The Kier molecular flexibility index (Phi) is 5.42. The summed E-state index contributed by atoms with van der Waals surface area (Å²) in [6.45, 7) is 1.44. The van der Waals surface area contributed by atoms with E-state index >= 15 is 0 Å². The fourth-order valence-corrected chi connectivity index (χ4v) is 4.56. The van der Waals surface area contributed by atoms with Gasteiger partial charge in [0.1, 0.15) is 6.54 Å². The highest BCUT2D eigenvalue weighted by Crippen LogP contribution is 2.25. The van der Waals surface area contributed by atoms with Crippen molar-refractivity contribution in [3.8, 4) is 0 Å². The standard InChI is InChI=1S/C27H24N2O4/c1-17(27(32)28-20-14-13-18-7-6-8-19(18)15-20)33-25(30)16-29-23-11-4-2-9-21(23)26(31)22-10-3-5-12-24(22)29/h2-5,9-15,17H,6-8,16H2,1H3,(H,28,32). The first kappa shape index (κ1) is 20.9. The summed E-state index contributed by atoms with van der Waals surface area (Å²) in [4.78, 5) is 38.3. The molecule has 1 aromatic heterocycles. The second-order valence-corrected chi connectivity index (χ2v) is 8.41. The number of esters is 1. The van der Waals surface area contributed by atoms with Crippen LogP contribution in [-0.4, -0.2) is 22.5 Å². The van der Waals surface area contributed by atoms with Crippen molar-refractivity contribution >= 4 is 39.4 Å². The predicted molar refractivity (Wildman–Crippen MR) is 128 cm³/mol. The van der Waals surface area contributed by atoms with Crippen LogP contribution in [0.25, 0.3) is 21.8 Å². The average molecular weight is 440 g/mol. The average Bonchev–Trinajstić information content (AvgIpc) is 3.29. The summed E-state index contributed by atoms with van der Waals surface area (Å²) in [5, 5.41) is 3.91. The quantitative estimate of drug-likeness (QED) is 0.372. The lowest BCUT2D eigenvalue weighted by atomic mass is 10.1. The van der Waals surface area contributed by atoms with E-state index < -0.39 is 12.1 Å². The molecule has 33 heavy (non-hydrogen) atoms. The molecule has 5 rings (SSSR count). The molecule has 1 atom stereocenters. The molecule has 166 valence electrons. The van der Waals surface area contributed by atoms with Gasteiger partial charge >= 0.3 is 5.97 Å². The van der Waals surface area contributed by atoms with Crippen molar-refractivity contribution in [2.24, 2.45) is 0 Å². The highest BCUT2D eigenvalue weighted by atomic mass is 16.5. The minimum absolute atomic E-state index is 0.0760. The molecule has 1 heterocycles. The largest absolute Gasteiger partial charge is 0.451 e. The van der Waals surface area contributed by atoms with E-state index in [-0.39, 0.29) is 17.9 Å². The van der Waals surface area contributed by atoms with Gasteiger partial charge in [0.2, 0.25) is 0 Å². The zero-order valence-electron chi connectivity index (χ0n) is 18.3. The number of rotatable bonds is 5. The lowest BCUT2D eigenvalue weighted by molar-refractivity contribution is -0.153. The van der Waals surface area contributed by atoms with E-state index in [4.69, 9.17) is 4.74 Å². The number of ether oxygens (including phenoxy) is 1. The molecular weight excluding hydrogens is 416 g/mol. The van der Waals surface area contributed by atoms with Gasteiger partial charge in [-0.3, -0.25) is 14.4 Å². The number of fused-ring (bicyclic) bond motifs is 3. The van der Waals surface area contributed by atoms with Crippen LogP contribution >= 0.6 is 0 Å². The Labute approximate surface area is 190 Å². The highest BCUT2D eigenvalue weighted by Gasteiger charge is 2.20. The molecular formula is C27H24N2O4. The molecule has 1 N–H and O–H groups in total. The molecule has 1 unspecified atom stereocenters. The third-order valence-electron chi connectivity index (χ3n) is 6.21.